The molecule has 8 heteroatoms. The Kier molecular flexibility index (Phi) is 24.0. The smallest absolute Gasteiger partial charge is 0.100 e. The number of rotatable bonds is 8. The van der Waals surface area contributed by atoms with Crippen molar-refractivity contribution in [3.63, 3.8) is 0 Å². The van der Waals surface area contributed by atoms with Gasteiger partial charge in [0.15, 0.2) is 0 Å². The molecule has 0 fully saturated rings. The normalized spacial score (nSPS) is 14.4. The first-order valence-electron chi connectivity index (χ1n) is 6.84. The van der Waals surface area contributed by atoms with E-state index < -0.39 is 12.2 Å². The van der Waals surface area contributed by atoms with Crippen molar-refractivity contribution in [3.05, 3.63) is 0 Å². The second-order valence-corrected chi connectivity index (χ2v) is 4.56. The van der Waals surface area contributed by atoms with E-state index in [9.17, 15) is 0 Å². The monoisotopic (exact) mass is 316 g/mol. The molecule has 0 aromatic carbocycles. The van der Waals surface area contributed by atoms with Gasteiger partial charge in [-0.2, -0.15) is 0 Å². The van der Waals surface area contributed by atoms with Gasteiger partial charge in [-0.25, -0.2) is 0 Å². The first kappa shape index (κ1) is 25.6. The van der Waals surface area contributed by atoms with Gasteiger partial charge in [0.25, 0.3) is 0 Å². The predicted octanol–water partition coefficient (Wildman–Crippen LogP) is -2.15. The van der Waals surface area contributed by atoms with E-state index in [1.54, 1.807) is 20.8 Å². The van der Waals surface area contributed by atoms with Crippen LogP contribution in [0.5, 0.6) is 0 Å². The fourth-order valence-corrected chi connectivity index (χ4v) is 0.601. The molecule has 0 aromatic rings. The van der Waals surface area contributed by atoms with Crippen molar-refractivity contribution in [2.24, 2.45) is 0 Å². The van der Waals surface area contributed by atoms with E-state index >= 15 is 0 Å². The third-order valence-electron chi connectivity index (χ3n) is 1.85. The van der Waals surface area contributed by atoms with Crippen molar-refractivity contribution in [1.29, 1.82) is 0 Å². The zero-order chi connectivity index (χ0) is 17.3. The average Bonchev–Trinajstić information content (AvgIpc) is 2.44. The maximum absolute atomic E-state index is 8.69. The summed E-state index contributed by atoms with van der Waals surface area (Å²) < 4.78 is 4.95. The van der Waals surface area contributed by atoms with Crippen molar-refractivity contribution in [2.45, 2.75) is 51.6 Å². The van der Waals surface area contributed by atoms with Crippen LogP contribution < -0.4 is 0 Å². The second-order valence-electron chi connectivity index (χ2n) is 4.56. The molecule has 0 aromatic heterocycles. The summed E-state index contributed by atoms with van der Waals surface area (Å²) in [4.78, 5) is 0. The first-order chi connectivity index (χ1) is 9.74. The van der Waals surface area contributed by atoms with E-state index in [-0.39, 0.29) is 38.6 Å². The van der Waals surface area contributed by atoms with Crippen LogP contribution in [0.3, 0.4) is 0 Å². The van der Waals surface area contributed by atoms with Crippen molar-refractivity contribution in [1.82, 2.24) is 0 Å². The zero-order valence-corrected chi connectivity index (χ0v) is 13.1. The zero-order valence-electron chi connectivity index (χ0n) is 13.1. The largest absolute Gasteiger partial charge is 0.396 e. The summed E-state index contributed by atoms with van der Waals surface area (Å²) in [6.07, 6.45) is -1.43. The minimum absolute atomic E-state index is 0.00667. The molecule has 7 N–H and O–H groups in total. The molecule has 3 atom stereocenters. The van der Waals surface area contributed by atoms with E-state index in [2.05, 4.69) is 0 Å². The van der Waals surface area contributed by atoms with Gasteiger partial charge in [0.2, 0.25) is 0 Å². The first-order valence-corrected chi connectivity index (χ1v) is 6.84. The van der Waals surface area contributed by atoms with E-state index in [4.69, 9.17) is 40.5 Å². The Morgan fingerprint density at radius 3 is 1.38 bits per heavy atom. The molecule has 8 nitrogen and oxygen atoms in total. The predicted molar refractivity (Wildman–Crippen MR) is 77.7 cm³/mol. The highest BCUT2D eigenvalue weighted by Gasteiger charge is 2.00. The van der Waals surface area contributed by atoms with Crippen molar-refractivity contribution in [3.8, 4) is 0 Å². The summed E-state index contributed by atoms with van der Waals surface area (Å²) in [5.41, 5.74) is 0. The SMILES string of the molecule is CC(O)CCO.CC(O)COC(C)CO.OCC(O)CO. The number of hydrogen-bond donors (Lipinski definition) is 7. The van der Waals surface area contributed by atoms with Gasteiger partial charge < -0.3 is 40.5 Å². The quantitative estimate of drug-likeness (QED) is 0.268. The lowest BCUT2D eigenvalue weighted by Gasteiger charge is -2.10. The Balaban J connectivity index is -0.000000240. The van der Waals surface area contributed by atoms with Crippen LogP contribution in [0, 0.1) is 0 Å². The van der Waals surface area contributed by atoms with Gasteiger partial charge in [-0.3, -0.25) is 0 Å². The van der Waals surface area contributed by atoms with Gasteiger partial charge in [-0.15, -0.1) is 0 Å². The summed E-state index contributed by atoms with van der Waals surface area (Å²) >= 11 is 0. The van der Waals surface area contributed by atoms with Crippen LogP contribution in [0.25, 0.3) is 0 Å². The summed E-state index contributed by atoms with van der Waals surface area (Å²) in [6, 6.07) is 0. The number of ether oxygens (including phenoxy) is 1. The molecule has 3 unspecified atom stereocenters. The molecule has 132 valence electrons. The van der Waals surface area contributed by atoms with Gasteiger partial charge in [0.1, 0.15) is 6.10 Å². The molecule has 0 saturated carbocycles. The lowest BCUT2D eigenvalue weighted by Crippen LogP contribution is -2.19. The number of aliphatic hydroxyl groups excluding tert-OH is 7. The third-order valence-corrected chi connectivity index (χ3v) is 1.85. The maximum atomic E-state index is 8.69. The van der Waals surface area contributed by atoms with E-state index in [0.717, 1.165) is 0 Å². The molecule has 0 radical (unpaired) electrons. The lowest BCUT2D eigenvalue weighted by atomic mass is 10.3. The molecule has 21 heavy (non-hydrogen) atoms. The molecule has 0 saturated heterocycles. The number of hydrogen-bond acceptors (Lipinski definition) is 8. The van der Waals surface area contributed by atoms with Crippen LogP contribution in [0.1, 0.15) is 27.2 Å². The fraction of sp³-hybridized carbons (Fsp3) is 1.00. The van der Waals surface area contributed by atoms with E-state index in [1.165, 1.54) is 0 Å². The summed E-state index contributed by atoms with van der Waals surface area (Å²) in [6.45, 7) is 4.70. The van der Waals surface area contributed by atoms with Gasteiger partial charge in [0.05, 0.1) is 44.7 Å². The Hall–Kier alpha value is -0.320. The molecule has 0 aliphatic carbocycles. The Bertz CT molecular complexity index is 174. The van der Waals surface area contributed by atoms with Crippen molar-refractivity contribution >= 4 is 0 Å². The molecule has 0 aliphatic rings. The molecule has 0 amide bonds. The molecule has 0 heterocycles. The Morgan fingerprint density at radius 2 is 1.24 bits per heavy atom. The highest BCUT2D eigenvalue weighted by Crippen LogP contribution is 1.90. The average molecular weight is 316 g/mol. The molecule has 0 spiro atoms. The molecular formula is C13H32O8. The van der Waals surface area contributed by atoms with Crippen LogP contribution in [0.2, 0.25) is 0 Å². The van der Waals surface area contributed by atoms with Crippen molar-refractivity contribution in [2.75, 3.05) is 33.0 Å². The Labute approximate surface area is 126 Å². The standard InChI is InChI=1S/C6H14O3.C4H10O2.C3H8O3/c1-5(8)4-9-6(2)3-7;1-4(6)2-3-5;4-1-3(6)2-5/h5-8H,3-4H2,1-2H3;4-6H,2-3H2,1H3;3-6H,1-2H2. The van der Waals surface area contributed by atoms with E-state index in [1.807, 2.05) is 0 Å². The van der Waals surface area contributed by atoms with Crippen LogP contribution in [0.4, 0.5) is 0 Å². The molecule has 0 aliphatic heterocycles. The highest BCUT2D eigenvalue weighted by atomic mass is 16.5. The van der Waals surface area contributed by atoms with E-state index in [0.29, 0.717) is 13.0 Å². The Morgan fingerprint density at radius 1 is 0.762 bits per heavy atom. The fourth-order valence-electron chi connectivity index (χ4n) is 0.601. The summed E-state index contributed by atoms with van der Waals surface area (Å²) in [5, 5.41) is 57.6. The van der Waals surface area contributed by atoms with Crippen molar-refractivity contribution < 1.29 is 40.5 Å². The summed E-state index contributed by atoms with van der Waals surface area (Å²) in [7, 11) is 0. The van der Waals surface area contributed by atoms with Gasteiger partial charge in [0, 0.05) is 6.61 Å². The van der Waals surface area contributed by atoms with Crippen LogP contribution >= 0.6 is 0 Å². The number of aliphatic hydroxyl groups is 7. The molecule has 0 rings (SSSR count). The van der Waals surface area contributed by atoms with Crippen LogP contribution in [0.15, 0.2) is 0 Å². The minimum atomic E-state index is -0.954. The van der Waals surface area contributed by atoms with Gasteiger partial charge in [-0.05, 0) is 27.2 Å². The third kappa shape index (κ3) is 32.9. The molecule has 0 bridgehead atoms. The van der Waals surface area contributed by atoms with Gasteiger partial charge in [-0.1, -0.05) is 0 Å². The van der Waals surface area contributed by atoms with Crippen LogP contribution in [-0.2, 0) is 4.74 Å². The highest BCUT2D eigenvalue weighted by molar-refractivity contribution is 4.47. The van der Waals surface area contributed by atoms with Gasteiger partial charge >= 0.3 is 0 Å². The lowest BCUT2D eigenvalue weighted by molar-refractivity contribution is -0.0177. The second kappa shape index (κ2) is 19.7. The maximum Gasteiger partial charge on any atom is 0.100 e. The van der Waals surface area contributed by atoms with Crippen LogP contribution in [-0.4, -0.2) is 93.2 Å². The topological polar surface area (TPSA) is 151 Å². The molecular weight excluding hydrogens is 284 g/mol. The summed E-state index contributed by atoms with van der Waals surface area (Å²) in [5.74, 6) is 0. The minimum Gasteiger partial charge on any atom is -0.396 e.